The lowest BCUT2D eigenvalue weighted by molar-refractivity contribution is 0.617. The van der Waals surface area contributed by atoms with Gasteiger partial charge in [0, 0.05) is 13.1 Å². The van der Waals surface area contributed by atoms with Gasteiger partial charge in [0.15, 0.2) is 17.0 Å². The Morgan fingerprint density at radius 2 is 2.00 bits per heavy atom. The summed E-state index contributed by atoms with van der Waals surface area (Å²) in [5.41, 5.74) is 1.93. The van der Waals surface area contributed by atoms with Crippen LogP contribution in [0, 0.1) is 5.82 Å². The predicted molar refractivity (Wildman–Crippen MR) is 85.1 cm³/mol. The van der Waals surface area contributed by atoms with Gasteiger partial charge >= 0.3 is 0 Å². The summed E-state index contributed by atoms with van der Waals surface area (Å²) in [5.74, 6) is 0.366. The fourth-order valence-corrected chi connectivity index (χ4v) is 3.06. The molecule has 0 amide bonds. The summed E-state index contributed by atoms with van der Waals surface area (Å²) in [7, 11) is 0. The molecule has 0 aliphatic carbocycles. The summed E-state index contributed by atoms with van der Waals surface area (Å²) in [6.45, 7) is 2.24. The first-order valence-corrected chi connectivity index (χ1v) is 7.84. The summed E-state index contributed by atoms with van der Waals surface area (Å²) in [6, 6.07) is 4.72. The fraction of sp³-hybridized carbons (Fsp3) is 0.333. The van der Waals surface area contributed by atoms with E-state index in [1.165, 1.54) is 12.4 Å². The third-order valence-electron chi connectivity index (χ3n) is 4.04. The van der Waals surface area contributed by atoms with E-state index in [2.05, 4.69) is 25.2 Å². The first-order chi connectivity index (χ1) is 11.2. The quantitative estimate of drug-likeness (QED) is 0.738. The Labute approximate surface area is 136 Å². The van der Waals surface area contributed by atoms with Gasteiger partial charge in [-0.05, 0) is 24.5 Å². The molecule has 0 saturated carbocycles. The smallest absolute Gasteiger partial charge is 0.184 e. The van der Waals surface area contributed by atoms with Gasteiger partial charge in [-0.25, -0.2) is 19.0 Å². The molecule has 6 nitrogen and oxygen atoms in total. The van der Waals surface area contributed by atoms with Crippen molar-refractivity contribution in [1.29, 1.82) is 0 Å². The van der Waals surface area contributed by atoms with Gasteiger partial charge in [0.05, 0.1) is 11.6 Å². The molecule has 3 aromatic rings. The van der Waals surface area contributed by atoms with Gasteiger partial charge in [-0.1, -0.05) is 28.9 Å². The van der Waals surface area contributed by atoms with Crippen molar-refractivity contribution < 1.29 is 4.39 Å². The molecule has 3 heterocycles. The van der Waals surface area contributed by atoms with Crippen molar-refractivity contribution in [3.63, 3.8) is 0 Å². The summed E-state index contributed by atoms with van der Waals surface area (Å²) < 4.78 is 15.2. The highest BCUT2D eigenvalue weighted by Crippen LogP contribution is 2.25. The lowest BCUT2D eigenvalue weighted by Gasteiger charge is -2.15. The molecular weight excluding hydrogens is 319 g/mol. The lowest BCUT2D eigenvalue weighted by atomic mass is 10.2. The Kier molecular flexibility index (Phi) is 3.57. The number of anilines is 1. The van der Waals surface area contributed by atoms with Gasteiger partial charge in [0.2, 0.25) is 0 Å². The van der Waals surface area contributed by atoms with Gasteiger partial charge < -0.3 is 4.90 Å². The molecule has 1 saturated heterocycles. The van der Waals surface area contributed by atoms with Crippen molar-refractivity contribution in [3.05, 3.63) is 40.9 Å². The van der Waals surface area contributed by atoms with E-state index >= 15 is 0 Å². The first kappa shape index (κ1) is 14.3. The second-order valence-corrected chi connectivity index (χ2v) is 5.90. The molecule has 8 heteroatoms. The van der Waals surface area contributed by atoms with Crippen molar-refractivity contribution in [2.45, 2.75) is 19.4 Å². The maximum absolute atomic E-state index is 13.6. The van der Waals surface area contributed by atoms with Gasteiger partial charge in [0.25, 0.3) is 0 Å². The Balaban J connectivity index is 1.74. The lowest BCUT2D eigenvalue weighted by Crippen LogP contribution is -2.19. The standard InChI is InChI=1S/C15H14ClFN6/c16-12-10(4-3-5-11(12)17)8-23-15-13(20-21-23)14(18-9-19-15)22-6-1-2-7-22/h3-5,9H,1-2,6-8H2. The predicted octanol–water partition coefficient (Wildman–Crippen LogP) is 2.66. The second kappa shape index (κ2) is 5.73. The maximum atomic E-state index is 13.6. The number of aromatic nitrogens is 5. The number of benzene rings is 1. The molecule has 118 valence electrons. The topological polar surface area (TPSA) is 59.7 Å². The van der Waals surface area contributed by atoms with Crippen LogP contribution >= 0.6 is 11.6 Å². The molecule has 0 unspecified atom stereocenters. The van der Waals surface area contributed by atoms with Crippen molar-refractivity contribution in [2.24, 2.45) is 0 Å². The molecule has 0 spiro atoms. The number of hydrogen-bond donors (Lipinski definition) is 0. The number of rotatable bonds is 3. The van der Waals surface area contributed by atoms with Crippen molar-refractivity contribution in [2.75, 3.05) is 18.0 Å². The average Bonchev–Trinajstić information content (AvgIpc) is 3.22. The zero-order valence-electron chi connectivity index (χ0n) is 12.3. The van der Waals surface area contributed by atoms with Crippen LogP contribution in [0.5, 0.6) is 0 Å². The zero-order valence-corrected chi connectivity index (χ0v) is 13.0. The molecule has 1 aliphatic heterocycles. The summed E-state index contributed by atoms with van der Waals surface area (Å²) in [5, 5.41) is 8.47. The second-order valence-electron chi connectivity index (χ2n) is 5.52. The number of halogens is 2. The van der Waals surface area contributed by atoms with E-state index in [1.807, 2.05) is 0 Å². The van der Waals surface area contributed by atoms with E-state index in [1.54, 1.807) is 16.8 Å². The largest absolute Gasteiger partial charge is 0.355 e. The minimum Gasteiger partial charge on any atom is -0.355 e. The minimum absolute atomic E-state index is 0.102. The van der Waals surface area contributed by atoms with E-state index in [-0.39, 0.29) is 5.02 Å². The fourth-order valence-electron chi connectivity index (χ4n) is 2.88. The van der Waals surface area contributed by atoms with Crippen molar-refractivity contribution in [1.82, 2.24) is 25.0 Å². The maximum Gasteiger partial charge on any atom is 0.184 e. The van der Waals surface area contributed by atoms with E-state index in [9.17, 15) is 4.39 Å². The van der Waals surface area contributed by atoms with Crippen LogP contribution in [-0.4, -0.2) is 38.1 Å². The Morgan fingerprint density at radius 3 is 2.83 bits per heavy atom. The van der Waals surface area contributed by atoms with Gasteiger partial charge in [-0.3, -0.25) is 0 Å². The van der Waals surface area contributed by atoms with Crippen LogP contribution in [0.4, 0.5) is 10.2 Å². The van der Waals surface area contributed by atoms with E-state index < -0.39 is 5.82 Å². The van der Waals surface area contributed by atoms with Gasteiger partial charge in [-0.15, -0.1) is 5.10 Å². The molecular formula is C15H14ClFN6. The zero-order chi connectivity index (χ0) is 15.8. The minimum atomic E-state index is -0.444. The van der Waals surface area contributed by atoms with Crippen LogP contribution in [0.1, 0.15) is 18.4 Å². The highest BCUT2D eigenvalue weighted by molar-refractivity contribution is 6.31. The highest BCUT2D eigenvalue weighted by Gasteiger charge is 2.20. The normalized spacial score (nSPS) is 14.8. The third-order valence-corrected chi connectivity index (χ3v) is 4.46. The summed E-state index contributed by atoms with van der Waals surface area (Å²) in [6.07, 6.45) is 3.82. The molecule has 0 bridgehead atoms. The summed E-state index contributed by atoms with van der Waals surface area (Å²) >= 11 is 6.02. The molecule has 0 atom stereocenters. The number of fused-ring (bicyclic) bond motifs is 1. The molecule has 4 rings (SSSR count). The number of nitrogens with zero attached hydrogens (tertiary/aromatic N) is 6. The van der Waals surface area contributed by atoms with E-state index in [4.69, 9.17) is 11.6 Å². The van der Waals surface area contributed by atoms with Crippen LogP contribution in [0.15, 0.2) is 24.5 Å². The molecule has 2 aromatic heterocycles. The van der Waals surface area contributed by atoms with Crippen LogP contribution in [0.2, 0.25) is 5.02 Å². The summed E-state index contributed by atoms with van der Waals surface area (Å²) in [4.78, 5) is 10.8. The first-order valence-electron chi connectivity index (χ1n) is 7.46. The van der Waals surface area contributed by atoms with Gasteiger partial charge in [0.1, 0.15) is 12.1 Å². The Hall–Kier alpha value is -2.28. The van der Waals surface area contributed by atoms with Crippen LogP contribution < -0.4 is 4.90 Å². The molecule has 1 fully saturated rings. The number of hydrogen-bond acceptors (Lipinski definition) is 5. The van der Waals surface area contributed by atoms with Crippen LogP contribution in [-0.2, 0) is 6.54 Å². The highest BCUT2D eigenvalue weighted by atomic mass is 35.5. The van der Waals surface area contributed by atoms with Crippen LogP contribution in [0.25, 0.3) is 11.2 Å². The molecule has 1 aromatic carbocycles. The monoisotopic (exact) mass is 332 g/mol. The van der Waals surface area contributed by atoms with Crippen LogP contribution in [0.3, 0.4) is 0 Å². The Morgan fingerprint density at radius 1 is 1.17 bits per heavy atom. The van der Waals surface area contributed by atoms with E-state index in [0.717, 1.165) is 31.7 Å². The SMILES string of the molecule is Fc1cccc(Cn2nnc3c(N4CCCC4)ncnc32)c1Cl. The molecule has 0 radical (unpaired) electrons. The molecule has 23 heavy (non-hydrogen) atoms. The van der Waals surface area contributed by atoms with Gasteiger partial charge in [-0.2, -0.15) is 0 Å². The molecule has 0 N–H and O–H groups in total. The van der Waals surface area contributed by atoms with Crippen molar-refractivity contribution in [3.8, 4) is 0 Å². The molecule has 1 aliphatic rings. The van der Waals surface area contributed by atoms with E-state index in [0.29, 0.717) is 23.3 Å². The third kappa shape index (κ3) is 2.50. The van der Waals surface area contributed by atoms with Crippen molar-refractivity contribution >= 4 is 28.6 Å². The Bertz CT molecular complexity index is 858. The average molecular weight is 333 g/mol.